The lowest BCUT2D eigenvalue weighted by molar-refractivity contribution is -0.123. The summed E-state index contributed by atoms with van der Waals surface area (Å²) in [5.41, 5.74) is 3.21. The van der Waals surface area contributed by atoms with E-state index in [-0.39, 0.29) is 30.2 Å². The molecule has 7 nitrogen and oxygen atoms in total. The highest BCUT2D eigenvalue weighted by atomic mass is 35.5. The number of imide groups is 1. The SMILES string of the molecule is COc1cc(/C=C2\SC(=O)N(Cc3cccc(C)c3)C2=O)ccc1OCC(=O)Nc1ccc(Cl)cc1. The van der Waals surface area contributed by atoms with Crippen LogP contribution in [0.3, 0.4) is 0 Å². The van der Waals surface area contributed by atoms with Gasteiger partial charge >= 0.3 is 0 Å². The molecule has 36 heavy (non-hydrogen) atoms. The Hall–Kier alpha value is -3.75. The molecule has 1 aliphatic heterocycles. The van der Waals surface area contributed by atoms with Crippen LogP contribution in [0, 0.1) is 6.92 Å². The Morgan fingerprint density at radius 2 is 1.83 bits per heavy atom. The Labute approximate surface area is 218 Å². The van der Waals surface area contributed by atoms with Crippen molar-refractivity contribution in [2.75, 3.05) is 19.0 Å². The van der Waals surface area contributed by atoms with E-state index < -0.39 is 0 Å². The topological polar surface area (TPSA) is 84.9 Å². The average Bonchev–Trinajstić information content (AvgIpc) is 3.11. The molecule has 1 fully saturated rings. The lowest BCUT2D eigenvalue weighted by Crippen LogP contribution is -2.27. The number of methoxy groups -OCH3 is 1. The molecule has 3 aromatic rings. The Morgan fingerprint density at radius 1 is 1.06 bits per heavy atom. The second-order valence-electron chi connectivity index (χ2n) is 8.01. The monoisotopic (exact) mass is 522 g/mol. The maximum absolute atomic E-state index is 12.9. The standard InChI is InChI=1S/C27H23ClN2O5S/c1-17-4-3-5-19(12-17)15-30-26(32)24(36-27(30)33)14-18-6-11-22(23(13-18)34-2)35-16-25(31)29-21-9-7-20(28)8-10-21/h3-14H,15-16H2,1-2H3,(H,29,31)/b24-14-. The molecular formula is C27H23ClN2O5S. The number of amides is 3. The zero-order valence-electron chi connectivity index (χ0n) is 19.6. The van der Waals surface area contributed by atoms with Crippen LogP contribution in [-0.2, 0) is 16.1 Å². The van der Waals surface area contributed by atoms with Crippen molar-refractivity contribution in [2.24, 2.45) is 0 Å². The molecule has 0 aliphatic carbocycles. The van der Waals surface area contributed by atoms with Gasteiger partial charge in [0, 0.05) is 10.7 Å². The minimum absolute atomic E-state index is 0.220. The molecule has 0 bridgehead atoms. The van der Waals surface area contributed by atoms with Gasteiger partial charge in [0.15, 0.2) is 18.1 Å². The second kappa shape index (κ2) is 11.3. The maximum Gasteiger partial charge on any atom is 0.293 e. The zero-order chi connectivity index (χ0) is 25.7. The fourth-order valence-electron chi connectivity index (χ4n) is 3.55. The van der Waals surface area contributed by atoms with Crippen LogP contribution in [0.5, 0.6) is 11.5 Å². The molecule has 0 unspecified atom stereocenters. The van der Waals surface area contributed by atoms with Gasteiger partial charge in [-0.25, -0.2) is 0 Å². The van der Waals surface area contributed by atoms with Crippen LogP contribution in [0.4, 0.5) is 10.5 Å². The molecular weight excluding hydrogens is 500 g/mol. The summed E-state index contributed by atoms with van der Waals surface area (Å²) in [5.74, 6) is 0.0749. The number of carbonyl (C=O) groups excluding carboxylic acids is 3. The number of anilines is 1. The Bertz CT molecular complexity index is 1340. The molecule has 1 saturated heterocycles. The van der Waals surface area contributed by atoms with Gasteiger partial charge in [0.05, 0.1) is 18.6 Å². The highest BCUT2D eigenvalue weighted by Crippen LogP contribution is 2.35. The second-order valence-corrected chi connectivity index (χ2v) is 9.44. The van der Waals surface area contributed by atoms with E-state index in [9.17, 15) is 14.4 Å². The van der Waals surface area contributed by atoms with Crippen molar-refractivity contribution in [1.82, 2.24) is 4.90 Å². The smallest absolute Gasteiger partial charge is 0.293 e. The highest BCUT2D eigenvalue weighted by Gasteiger charge is 2.35. The van der Waals surface area contributed by atoms with E-state index >= 15 is 0 Å². The van der Waals surface area contributed by atoms with Crippen molar-refractivity contribution in [2.45, 2.75) is 13.5 Å². The molecule has 1 aliphatic rings. The Morgan fingerprint density at radius 3 is 2.56 bits per heavy atom. The number of carbonyl (C=O) groups is 3. The first-order valence-electron chi connectivity index (χ1n) is 11.0. The van der Waals surface area contributed by atoms with Gasteiger partial charge in [0.2, 0.25) is 0 Å². The minimum atomic E-state index is -0.343. The van der Waals surface area contributed by atoms with Crippen LogP contribution in [0.15, 0.2) is 71.6 Å². The van der Waals surface area contributed by atoms with Gasteiger partial charge in [-0.05, 0) is 72.3 Å². The number of nitrogens with zero attached hydrogens (tertiary/aromatic N) is 1. The molecule has 3 amide bonds. The van der Waals surface area contributed by atoms with E-state index in [1.807, 2.05) is 31.2 Å². The van der Waals surface area contributed by atoms with Crippen LogP contribution < -0.4 is 14.8 Å². The Balaban J connectivity index is 1.41. The van der Waals surface area contributed by atoms with Crippen molar-refractivity contribution in [3.8, 4) is 11.5 Å². The fraction of sp³-hybridized carbons (Fsp3) is 0.148. The number of thioether (sulfide) groups is 1. The number of halogens is 1. The molecule has 3 aromatic carbocycles. The van der Waals surface area contributed by atoms with Gasteiger partial charge in [-0.2, -0.15) is 0 Å². The van der Waals surface area contributed by atoms with Gasteiger partial charge in [-0.1, -0.05) is 47.5 Å². The summed E-state index contributed by atoms with van der Waals surface area (Å²) in [6.45, 7) is 1.96. The normalized spacial score (nSPS) is 14.3. The van der Waals surface area contributed by atoms with Crippen molar-refractivity contribution < 1.29 is 23.9 Å². The largest absolute Gasteiger partial charge is 0.493 e. The van der Waals surface area contributed by atoms with Crippen molar-refractivity contribution in [1.29, 1.82) is 0 Å². The third kappa shape index (κ3) is 6.27. The fourth-order valence-corrected chi connectivity index (χ4v) is 4.51. The van der Waals surface area contributed by atoms with Gasteiger partial charge in [0.25, 0.3) is 17.1 Å². The zero-order valence-corrected chi connectivity index (χ0v) is 21.2. The Kier molecular flexibility index (Phi) is 7.97. The summed E-state index contributed by atoms with van der Waals surface area (Å²) >= 11 is 6.75. The highest BCUT2D eigenvalue weighted by molar-refractivity contribution is 8.18. The van der Waals surface area contributed by atoms with Crippen LogP contribution in [0.25, 0.3) is 6.08 Å². The molecule has 0 spiro atoms. The van der Waals surface area contributed by atoms with Crippen LogP contribution in [0.1, 0.15) is 16.7 Å². The average molecular weight is 523 g/mol. The molecule has 184 valence electrons. The van der Waals surface area contributed by atoms with E-state index in [4.69, 9.17) is 21.1 Å². The summed E-state index contributed by atoms with van der Waals surface area (Å²) < 4.78 is 11.0. The molecule has 1 heterocycles. The molecule has 4 rings (SSSR count). The number of rotatable bonds is 8. The number of hydrogen-bond acceptors (Lipinski definition) is 6. The van der Waals surface area contributed by atoms with E-state index in [1.54, 1.807) is 48.5 Å². The third-order valence-electron chi connectivity index (χ3n) is 5.27. The predicted molar refractivity (Wildman–Crippen MR) is 141 cm³/mol. The lowest BCUT2D eigenvalue weighted by Gasteiger charge is -2.13. The molecule has 0 saturated carbocycles. The number of hydrogen-bond donors (Lipinski definition) is 1. The first-order valence-corrected chi connectivity index (χ1v) is 12.2. The predicted octanol–water partition coefficient (Wildman–Crippen LogP) is 5.91. The summed E-state index contributed by atoms with van der Waals surface area (Å²) in [5, 5.41) is 2.98. The van der Waals surface area contributed by atoms with Crippen molar-refractivity contribution in [3.05, 3.63) is 93.3 Å². The van der Waals surface area contributed by atoms with Gasteiger partial charge in [-0.3, -0.25) is 19.3 Å². The minimum Gasteiger partial charge on any atom is -0.493 e. The maximum atomic E-state index is 12.9. The van der Waals surface area contributed by atoms with Crippen LogP contribution >= 0.6 is 23.4 Å². The van der Waals surface area contributed by atoms with Crippen LogP contribution in [0.2, 0.25) is 5.02 Å². The lowest BCUT2D eigenvalue weighted by atomic mass is 10.1. The van der Waals surface area contributed by atoms with E-state index in [2.05, 4.69) is 5.32 Å². The molecule has 1 N–H and O–H groups in total. The number of ether oxygens (including phenoxy) is 2. The quantitative estimate of drug-likeness (QED) is 0.370. The number of aryl methyl sites for hydroxylation is 1. The first-order chi connectivity index (χ1) is 17.3. The molecule has 0 radical (unpaired) electrons. The van der Waals surface area contributed by atoms with Gasteiger partial charge in [-0.15, -0.1) is 0 Å². The van der Waals surface area contributed by atoms with Gasteiger partial charge < -0.3 is 14.8 Å². The van der Waals surface area contributed by atoms with Crippen molar-refractivity contribution in [3.63, 3.8) is 0 Å². The van der Waals surface area contributed by atoms with E-state index in [1.165, 1.54) is 12.0 Å². The van der Waals surface area contributed by atoms with E-state index in [0.29, 0.717) is 32.7 Å². The van der Waals surface area contributed by atoms with Gasteiger partial charge in [0.1, 0.15) is 0 Å². The number of nitrogens with one attached hydrogen (secondary N) is 1. The molecule has 9 heteroatoms. The summed E-state index contributed by atoms with van der Waals surface area (Å²) in [6, 6.07) is 19.5. The summed E-state index contributed by atoms with van der Waals surface area (Å²) in [4.78, 5) is 39.2. The van der Waals surface area contributed by atoms with E-state index in [0.717, 1.165) is 22.9 Å². The summed E-state index contributed by atoms with van der Waals surface area (Å²) in [7, 11) is 1.48. The molecule has 0 atom stereocenters. The first kappa shape index (κ1) is 25.3. The molecule has 0 aromatic heterocycles. The van der Waals surface area contributed by atoms with Crippen molar-refractivity contribution >= 4 is 52.2 Å². The third-order valence-corrected chi connectivity index (χ3v) is 6.43. The number of benzene rings is 3. The summed E-state index contributed by atoms with van der Waals surface area (Å²) in [6.07, 6.45) is 1.64. The van der Waals surface area contributed by atoms with Crippen LogP contribution in [-0.4, -0.2) is 35.7 Å².